The number of benzene rings is 1. The Morgan fingerprint density at radius 1 is 1.33 bits per heavy atom. The van der Waals surface area contributed by atoms with Crippen molar-refractivity contribution in [1.82, 2.24) is 15.2 Å². The van der Waals surface area contributed by atoms with Gasteiger partial charge in [-0.1, -0.05) is 29.8 Å². The van der Waals surface area contributed by atoms with Gasteiger partial charge >= 0.3 is 0 Å². The molecule has 6 heteroatoms. The number of nitrogens with zero attached hydrogens (tertiary/aromatic N) is 2. The van der Waals surface area contributed by atoms with Crippen molar-refractivity contribution in [3.63, 3.8) is 0 Å². The molecular weight excluding hydrogens is 286 g/mol. The van der Waals surface area contributed by atoms with Gasteiger partial charge in [-0.3, -0.25) is 9.59 Å². The molecule has 2 aromatic rings. The Labute approximate surface area is 126 Å². The summed E-state index contributed by atoms with van der Waals surface area (Å²) in [4.78, 5) is 29.6. The fourth-order valence-corrected chi connectivity index (χ4v) is 2.97. The summed E-state index contributed by atoms with van der Waals surface area (Å²) in [6, 6.07) is 8.04. The molecule has 1 aliphatic heterocycles. The molecule has 3 rings (SSSR count). The second-order valence-corrected chi connectivity index (χ2v) is 5.84. The van der Waals surface area contributed by atoms with E-state index in [9.17, 15) is 9.59 Å². The molecule has 1 aromatic heterocycles. The molecule has 2 heterocycles. The zero-order valence-electron chi connectivity index (χ0n) is 11.6. The molecule has 1 saturated heterocycles. The molecular formula is C15H15N3O2S. The number of aryl methyl sites for hydroxylation is 1. The highest BCUT2D eigenvalue weighted by atomic mass is 32.1. The lowest BCUT2D eigenvalue weighted by atomic mass is 10.2. The molecule has 1 aromatic carbocycles. The Balaban J connectivity index is 1.79. The van der Waals surface area contributed by atoms with Gasteiger partial charge in [0.2, 0.25) is 5.91 Å². The smallest absolute Gasteiger partial charge is 0.273 e. The topological polar surface area (TPSA) is 62.3 Å². The van der Waals surface area contributed by atoms with E-state index < -0.39 is 0 Å². The predicted octanol–water partition coefficient (Wildman–Crippen LogP) is 1.69. The van der Waals surface area contributed by atoms with Crippen molar-refractivity contribution < 1.29 is 9.59 Å². The monoisotopic (exact) mass is 301 g/mol. The standard InChI is InChI=1S/C15H15N3O2S/c1-10-2-4-11(5-3-10)14-17-12(9-21-14)15(20)18-7-6-16-13(19)8-18/h2-5,9H,6-8H2,1H3,(H,16,19). The van der Waals surface area contributed by atoms with Crippen LogP contribution in [0.4, 0.5) is 0 Å². The SMILES string of the molecule is Cc1ccc(-c2nc(C(=O)N3CCNC(=O)C3)cs2)cc1. The lowest BCUT2D eigenvalue weighted by Crippen LogP contribution is -2.50. The number of thiazole rings is 1. The molecule has 21 heavy (non-hydrogen) atoms. The third-order valence-corrected chi connectivity index (χ3v) is 4.24. The molecule has 0 radical (unpaired) electrons. The molecule has 1 N–H and O–H groups in total. The highest BCUT2D eigenvalue weighted by molar-refractivity contribution is 7.13. The Kier molecular flexibility index (Phi) is 3.70. The minimum Gasteiger partial charge on any atom is -0.353 e. The van der Waals surface area contributed by atoms with Crippen LogP contribution >= 0.6 is 11.3 Å². The fourth-order valence-electron chi connectivity index (χ4n) is 2.17. The first-order valence-electron chi connectivity index (χ1n) is 6.72. The van der Waals surface area contributed by atoms with Crippen LogP contribution in [0.15, 0.2) is 29.6 Å². The number of aromatic nitrogens is 1. The van der Waals surface area contributed by atoms with Crippen LogP contribution in [0.25, 0.3) is 10.6 Å². The van der Waals surface area contributed by atoms with Crippen molar-refractivity contribution >= 4 is 23.2 Å². The van der Waals surface area contributed by atoms with Crippen LogP contribution in [0.2, 0.25) is 0 Å². The molecule has 1 aliphatic rings. The first kappa shape index (κ1) is 13.8. The maximum absolute atomic E-state index is 12.3. The quantitative estimate of drug-likeness (QED) is 0.918. The second kappa shape index (κ2) is 5.65. The van der Waals surface area contributed by atoms with Crippen molar-refractivity contribution in [2.24, 2.45) is 0 Å². The van der Waals surface area contributed by atoms with Crippen molar-refractivity contribution in [1.29, 1.82) is 0 Å². The molecule has 0 saturated carbocycles. The molecule has 2 amide bonds. The highest BCUT2D eigenvalue weighted by Gasteiger charge is 2.24. The number of piperazine rings is 1. The molecule has 1 fully saturated rings. The summed E-state index contributed by atoms with van der Waals surface area (Å²) in [6.07, 6.45) is 0. The van der Waals surface area contributed by atoms with Crippen LogP contribution in [-0.2, 0) is 4.79 Å². The van der Waals surface area contributed by atoms with E-state index in [1.807, 2.05) is 31.2 Å². The summed E-state index contributed by atoms with van der Waals surface area (Å²) in [7, 11) is 0. The van der Waals surface area contributed by atoms with Crippen LogP contribution < -0.4 is 5.32 Å². The van der Waals surface area contributed by atoms with Crippen molar-refractivity contribution in [2.75, 3.05) is 19.6 Å². The minimum absolute atomic E-state index is 0.107. The summed E-state index contributed by atoms with van der Waals surface area (Å²) >= 11 is 1.44. The lowest BCUT2D eigenvalue weighted by Gasteiger charge is -2.25. The number of rotatable bonds is 2. The number of amides is 2. The van der Waals surface area contributed by atoms with E-state index >= 15 is 0 Å². The summed E-state index contributed by atoms with van der Waals surface area (Å²) in [5.74, 6) is -0.303. The van der Waals surface area contributed by atoms with E-state index in [2.05, 4.69) is 10.3 Å². The third-order valence-electron chi connectivity index (χ3n) is 3.35. The number of hydrogen-bond donors (Lipinski definition) is 1. The Hall–Kier alpha value is -2.21. The van der Waals surface area contributed by atoms with E-state index in [4.69, 9.17) is 0 Å². The average Bonchev–Trinajstić information content (AvgIpc) is 2.97. The minimum atomic E-state index is -0.181. The molecule has 0 aliphatic carbocycles. The van der Waals surface area contributed by atoms with E-state index in [1.165, 1.54) is 21.8 Å². The van der Waals surface area contributed by atoms with Crippen LogP contribution in [0.1, 0.15) is 16.1 Å². The van der Waals surface area contributed by atoms with Crippen LogP contribution in [0.3, 0.4) is 0 Å². The maximum Gasteiger partial charge on any atom is 0.273 e. The van der Waals surface area contributed by atoms with Gasteiger partial charge in [-0.15, -0.1) is 11.3 Å². The van der Waals surface area contributed by atoms with Gasteiger partial charge in [0.1, 0.15) is 10.7 Å². The number of carbonyl (C=O) groups excluding carboxylic acids is 2. The van der Waals surface area contributed by atoms with Gasteiger partial charge in [0, 0.05) is 24.0 Å². The summed E-state index contributed by atoms with van der Waals surface area (Å²) in [6.45, 7) is 3.17. The Morgan fingerprint density at radius 2 is 2.10 bits per heavy atom. The zero-order valence-corrected chi connectivity index (χ0v) is 12.4. The normalized spacial score (nSPS) is 14.9. The second-order valence-electron chi connectivity index (χ2n) is 4.98. The van der Waals surface area contributed by atoms with Crippen molar-refractivity contribution in [3.8, 4) is 10.6 Å². The van der Waals surface area contributed by atoms with Gasteiger partial charge in [-0.25, -0.2) is 4.98 Å². The third kappa shape index (κ3) is 2.95. The fraction of sp³-hybridized carbons (Fsp3) is 0.267. The van der Waals surface area contributed by atoms with E-state index in [1.54, 1.807) is 5.38 Å². The van der Waals surface area contributed by atoms with Crippen molar-refractivity contribution in [3.05, 3.63) is 40.9 Å². The maximum atomic E-state index is 12.3. The summed E-state index contributed by atoms with van der Waals surface area (Å²) in [5, 5.41) is 5.28. The molecule has 0 unspecified atom stereocenters. The zero-order chi connectivity index (χ0) is 14.8. The van der Waals surface area contributed by atoms with Gasteiger partial charge in [0.05, 0.1) is 6.54 Å². The number of nitrogens with one attached hydrogen (secondary N) is 1. The first-order valence-corrected chi connectivity index (χ1v) is 7.60. The van der Waals surface area contributed by atoms with Crippen molar-refractivity contribution in [2.45, 2.75) is 6.92 Å². The molecule has 0 atom stereocenters. The number of carbonyl (C=O) groups is 2. The summed E-state index contributed by atoms with van der Waals surface area (Å²) < 4.78 is 0. The van der Waals surface area contributed by atoms with E-state index in [-0.39, 0.29) is 18.4 Å². The lowest BCUT2D eigenvalue weighted by molar-refractivity contribution is -0.123. The molecule has 0 spiro atoms. The van der Waals surface area contributed by atoms with Gasteiger partial charge in [-0.2, -0.15) is 0 Å². The van der Waals surface area contributed by atoms with E-state index in [0.29, 0.717) is 18.8 Å². The van der Waals surface area contributed by atoms with Gasteiger partial charge in [-0.05, 0) is 6.92 Å². The van der Waals surface area contributed by atoms with Crippen LogP contribution in [0.5, 0.6) is 0 Å². The number of hydrogen-bond acceptors (Lipinski definition) is 4. The van der Waals surface area contributed by atoms with Crippen LogP contribution in [0, 0.1) is 6.92 Å². The average molecular weight is 301 g/mol. The van der Waals surface area contributed by atoms with Gasteiger partial charge in [0.25, 0.3) is 5.91 Å². The van der Waals surface area contributed by atoms with Gasteiger partial charge < -0.3 is 10.2 Å². The Bertz CT molecular complexity index is 678. The predicted molar refractivity (Wildman–Crippen MR) is 81.2 cm³/mol. The molecule has 0 bridgehead atoms. The molecule has 5 nitrogen and oxygen atoms in total. The largest absolute Gasteiger partial charge is 0.353 e. The summed E-state index contributed by atoms with van der Waals surface area (Å²) in [5.41, 5.74) is 2.59. The van der Waals surface area contributed by atoms with Crippen LogP contribution in [-0.4, -0.2) is 41.3 Å². The molecule has 108 valence electrons. The van der Waals surface area contributed by atoms with E-state index in [0.717, 1.165) is 10.6 Å². The van der Waals surface area contributed by atoms with Gasteiger partial charge in [0.15, 0.2) is 0 Å². The Morgan fingerprint density at radius 3 is 2.81 bits per heavy atom. The highest BCUT2D eigenvalue weighted by Crippen LogP contribution is 2.24. The first-order chi connectivity index (χ1) is 10.1.